The largest absolute Gasteiger partial charge is 0.489 e. The van der Waals surface area contributed by atoms with Gasteiger partial charge in [-0.15, -0.1) is 11.8 Å². The van der Waals surface area contributed by atoms with Crippen molar-refractivity contribution in [3.05, 3.63) is 69.7 Å². The molecule has 47 heavy (non-hydrogen) atoms. The maximum atomic E-state index is 13.9. The molecule has 0 bridgehead atoms. The Morgan fingerprint density at radius 2 is 1.87 bits per heavy atom. The van der Waals surface area contributed by atoms with E-state index in [4.69, 9.17) is 32.7 Å². The topological polar surface area (TPSA) is 126 Å². The summed E-state index contributed by atoms with van der Waals surface area (Å²) in [6.45, 7) is -0.970. The molecule has 0 N–H and O–H groups in total. The van der Waals surface area contributed by atoms with Crippen LogP contribution in [0.5, 0.6) is 11.5 Å². The number of carbonyl (C=O) groups is 1. The first kappa shape index (κ1) is 33.7. The third-order valence-corrected chi connectivity index (χ3v) is 11.6. The normalized spacial score (nSPS) is 17.7. The zero-order valence-electron chi connectivity index (χ0n) is 25.1. The second-order valence-electron chi connectivity index (χ2n) is 11.1. The number of halogens is 4. The van der Waals surface area contributed by atoms with E-state index >= 15 is 0 Å². The average molecular weight is 729 g/mol. The first-order valence-electron chi connectivity index (χ1n) is 14.5. The molecule has 17 heteroatoms. The highest BCUT2D eigenvalue weighted by atomic mass is 35.5. The molecule has 1 unspecified atom stereocenters. The number of esters is 1. The molecule has 250 valence electrons. The maximum Gasteiger partial charge on any atom is 0.387 e. The van der Waals surface area contributed by atoms with Crippen LogP contribution in [0.1, 0.15) is 35.8 Å². The summed E-state index contributed by atoms with van der Waals surface area (Å²) in [6.07, 6.45) is 4.84. The van der Waals surface area contributed by atoms with Gasteiger partial charge in [-0.3, -0.25) is 9.67 Å². The van der Waals surface area contributed by atoms with Gasteiger partial charge >= 0.3 is 12.6 Å². The molecule has 4 aromatic rings. The number of benzene rings is 1. The van der Waals surface area contributed by atoms with E-state index in [0.29, 0.717) is 46.1 Å². The third-order valence-electron chi connectivity index (χ3n) is 7.82. The molecular formula is C30H29Cl2F2N5O6S2. The summed E-state index contributed by atoms with van der Waals surface area (Å²) in [6, 6.07) is 5.74. The van der Waals surface area contributed by atoms with Gasteiger partial charge < -0.3 is 14.2 Å². The van der Waals surface area contributed by atoms with Gasteiger partial charge in [-0.05, 0) is 55.0 Å². The van der Waals surface area contributed by atoms with E-state index < -0.39 is 34.1 Å². The molecule has 0 spiro atoms. The summed E-state index contributed by atoms with van der Waals surface area (Å²) in [5.74, 6) is -0.302. The van der Waals surface area contributed by atoms with Crippen molar-refractivity contribution in [3.8, 4) is 11.5 Å². The molecule has 4 heterocycles. The van der Waals surface area contributed by atoms with Crippen molar-refractivity contribution in [1.29, 1.82) is 0 Å². The van der Waals surface area contributed by atoms with E-state index in [1.54, 1.807) is 18.7 Å². The highest BCUT2D eigenvalue weighted by Gasteiger charge is 2.42. The van der Waals surface area contributed by atoms with Gasteiger partial charge in [0.05, 0.1) is 22.3 Å². The Kier molecular flexibility index (Phi) is 9.81. The van der Waals surface area contributed by atoms with Gasteiger partial charge in [0.1, 0.15) is 11.0 Å². The third kappa shape index (κ3) is 7.28. The van der Waals surface area contributed by atoms with Gasteiger partial charge in [-0.1, -0.05) is 29.3 Å². The van der Waals surface area contributed by atoms with Crippen molar-refractivity contribution < 1.29 is 36.2 Å². The van der Waals surface area contributed by atoms with Gasteiger partial charge in [0.15, 0.2) is 22.5 Å². The fourth-order valence-electron chi connectivity index (χ4n) is 5.22. The fourth-order valence-corrected chi connectivity index (χ4v) is 8.76. The molecule has 1 saturated carbocycles. The Balaban J connectivity index is 1.31. The van der Waals surface area contributed by atoms with Gasteiger partial charge in [0.2, 0.25) is 10.0 Å². The van der Waals surface area contributed by atoms with Crippen LogP contribution in [0.3, 0.4) is 0 Å². The number of rotatable bonds is 12. The van der Waals surface area contributed by atoms with Crippen molar-refractivity contribution in [2.75, 3.05) is 18.9 Å². The van der Waals surface area contributed by atoms with E-state index in [9.17, 15) is 22.0 Å². The first-order valence-corrected chi connectivity index (χ1v) is 17.8. The molecule has 2 aliphatic rings. The first-order chi connectivity index (χ1) is 22.4. The molecule has 1 saturated heterocycles. The fraction of sp³-hybridized carbons (Fsp3) is 0.400. The summed E-state index contributed by atoms with van der Waals surface area (Å²) in [5.41, 5.74) is 1.92. The van der Waals surface area contributed by atoms with E-state index in [-0.39, 0.29) is 39.4 Å². The molecule has 1 aliphatic heterocycles. The smallest absolute Gasteiger partial charge is 0.387 e. The van der Waals surface area contributed by atoms with Crippen LogP contribution in [0.4, 0.5) is 8.78 Å². The molecular weight excluding hydrogens is 699 g/mol. The summed E-state index contributed by atoms with van der Waals surface area (Å²) in [5, 5.41) is 4.09. The summed E-state index contributed by atoms with van der Waals surface area (Å²) < 4.78 is 73.3. The summed E-state index contributed by atoms with van der Waals surface area (Å²) in [4.78, 5) is 22.0. The Bertz CT molecular complexity index is 1910. The molecule has 6 rings (SSSR count). The van der Waals surface area contributed by atoms with E-state index in [2.05, 4.69) is 19.8 Å². The predicted octanol–water partition coefficient (Wildman–Crippen LogP) is 5.96. The summed E-state index contributed by atoms with van der Waals surface area (Å²) >= 11 is 13.9. The average Bonchev–Trinajstić information content (AvgIpc) is 3.63. The molecule has 3 aromatic heterocycles. The zero-order valence-corrected chi connectivity index (χ0v) is 28.3. The number of aromatic nitrogens is 4. The van der Waals surface area contributed by atoms with Crippen LogP contribution in [0.25, 0.3) is 11.0 Å². The van der Waals surface area contributed by atoms with Crippen LogP contribution >= 0.6 is 35.0 Å². The number of hydrogen-bond donors (Lipinski definition) is 0. The zero-order chi connectivity index (χ0) is 33.5. The van der Waals surface area contributed by atoms with Crippen LogP contribution in [-0.4, -0.2) is 69.3 Å². The van der Waals surface area contributed by atoms with Gasteiger partial charge in [-0.25, -0.2) is 18.2 Å². The van der Waals surface area contributed by atoms with Crippen molar-refractivity contribution in [1.82, 2.24) is 24.1 Å². The lowest BCUT2D eigenvalue weighted by atomic mass is 10.0. The lowest BCUT2D eigenvalue weighted by Gasteiger charge is -2.26. The second-order valence-corrected chi connectivity index (χ2v) is 15.0. The number of carbonyl (C=O) groups excluding carboxylic acids is 1. The number of fused-ring (bicyclic) bond motifs is 1. The number of pyridine rings is 2. The minimum absolute atomic E-state index is 0.0337. The summed E-state index contributed by atoms with van der Waals surface area (Å²) in [7, 11) is -2.47. The Labute approximate surface area is 283 Å². The Morgan fingerprint density at radius 1 is 1.13 bits per heavy atom. The van der Waals surface area contributed by atoms with E-state index in [1.807, 2.05) is 0 Å². The molecule has 1 aliphatic carbocycles. The number of alkyl halides is 2. The van der Waals surface area contributed by atoms with Crippen molar-refractivity contribution in [2.24, 2.45) is 13.0 Å². The van der Waals surface area contributed by atoms with Crippen molar-refractivity contribution >= 4 is 62.0 Å². The van der Waals surface area contributed by atoms with Gasteiger partial charge in [-0.2, -0.15) is 18.2 Å². The van der Waals surface area contributed by atoms with E-state index in [1.165, 1.54) is 42.9 Å². The van der Waals surface area contributed by atoms with Gasteiger partial charge in [0.25, 0.3) is 0 Å². The Morgan fingerprint density at radius 3 is 2.57 bits per heavy atom. The van der Waals surface area contributed by atoms with Crippen molar-refractivity contribution in [2.45, 2.75) is 49.2 Å². The minimum Gasteiger partial charge on any atom is -0.489 e. The monoisotopic (exact) mass is 727 g/mol. The SMILES string of the molecule is Cc1nn(C)c2ncc(S(=O)(=O)N3CCS[C@H]3C(=O)OC(Cc3c(Cl)cncc3Cl)c3ccc(OC(F)F)c(OCC4CC4)c3)cc12. The molecule has 0 radical (unpaired) electrons. The number of sulfonamides is 1. The predicted molar refractivity (Wildman–Crippen MR) is 171 cm³/mol. The highest BCUT2D eigenvalue weighted by Crippen LogP contribution is 2.39. The number of hydrogen-bond acceptors (Lipinski definition) is 10. The lowest BCUT2D eigenvalue weighted by molar-refractivity contribution is -0.150. The Hall–Kier alpha value is -3.24. The molecule has 2 atom stereocenters. The molecule has 2 fully saturated rings. The molecule has 1 aromatic carbocycles. The maximum absolute atomic E-state index is 13.9. The van der Waals surface area contributed by atoms with Crippen LogP contribution in [-0.2, 0) is 33.0 Å². The van der Waals surface area contributed by atoms with E-state index in [0.717, 1.165) is 28.9 Å². The number of nitrogens with zero attached hydrogens (tertiary/aromatic N) is 5. The number of thioether (sulfide) groups is 1. The molecule has 0 amide bonds. The van der Waals surface area contributed by atoms with Crippen LogP contribution < -0.4 is 9.47 Å². The van der Waals surface area contributed by atoms with Crippen molar-refractivity contribution in [3.63, 3.8) is 0 Å². The van der Waals surface area contributed by atoms with Crippen LogP contribution in [0.15, 0.2) is 47.8 Å². The standard InChI is InChI=1S/C30H29Cl2F2N5O6S2/c1-16-20-10-19(12-36-27(20)38(2)37-16)47(41,42)39-7-8-46-28(39)29(40)44-25(11-21-22(31)13-35-14-23(21)32)18-5-6-24(45-30(33)34)26(9-18)43-15-17-3-4-17/h5-6,9-10,12-14,17,25,28,30H,3-4,7-8,11,15H2,1-2H3/t25?,28-/m0/s1. The lowest BCUT2D eigenvalue weighted by Crippen LogP contribution is -2.40. The van der Waals surface area contributed by atoms with Gasteiger partial charge in [0, 0.05) is 49.7 Å². The molecule has 11 nitrogen and oxygen atoms in total. The quantitative estimate of drug-likeness (QED) is 0.162. The van der Waals surface area contributed by atoms with Crippen LogP contribution in [0, 0.1) is 12.8 Å². The second kappa shape index (κ2) is 13.7. The number of ether oxygens (including phenoxy) is 3. The van der Waals surface area contributed by atoms with Crippen LogP contribution in [0.2, 0.25) is 10.0 Å². The number of aryl methyl sites for hydroxylation is 2. The minimum atomic E-state index is -4.18. The highest BCUT2D eigenvalue weighted by molar-refractivity contribution is 8.02.